The van der Waals surface area contributed by atoms with Gasteiger partial charge in [0.15, 0.2) is 0 Å². The molecule has 0 heterocycles. The second kappa shape index (κ2) is 7.29. The normalized spacial score (nSPS) is 11.0. The number of halogens is 2. The van der Waals surface area contributed by atoms with Crippen molar-refractivity contribution in [3.8, 4) is 17.2 Å². The van der Waals surface area contributed by atoms with Gasteiger partial charge in [0.25, 0.3) is 5.91 Å². The van der Waals surface area contributed by atoms with Crippen LogP contribution in [0.15, 0.2) is 12.1 Å². The van der Waals surface area contributed by atoms with Crippen LogP contribution in [0.3, 0.4) is 0 Å². The molecule has 1 rings (SSSR count). The highest BCUT2D eigenvalue weighted by Crippen LogP contribution is 2.44. The lowest BCUT2D eigenvalue weighted by atomic mass is 10.0. The summed E-state index contributed by atoms with van der Waals surface area (Å²) in [5, 5.41) is 0. The molecule has 22 heavy (non-hydrogen) atoms. The van der Waals surface area contributed by atoms with Crippen molar-refractivity contribution in [2.45, 2.75) is 19.8 Å². The maximum absolute atomic E-state index is 14.7. The first kappa shape index (κ1) is 18.0. The van der Waals surface area contributed by atoms with E-state index in [0.29, 0.717) is 5.75 Å². The number of ether oxygens (including phenoxy) is 3. The number of hydrogen-bond acceptors (Lipinski definition) is 4. The molecular weight excluding hydrogens is 296 g/mol. The summed E-state index contributed by atoms with van der Waals surface area (Å²) in [5.41, 5.74) is -0.602. The summed E-state index contributed by atoms with van der Waals surface area (Å²) in [6, 6.07) is 2.59. The maximum Gasteiger partial charge on any atom is 0.357 e. The first-order valence-corrected chi connectivity index (χ1v) is 6.84. The highest BCUT2D eigenvalue weighted by molar-refractivity contribution is 5.87. The number of carbonyl (C=O) groups excluding carboxylic acids is 1. The third-order valence-corrected chi connectivity index (χ3v) is 3.35. The van der Waals surface area contributed by atoms with Crippen LogP contribution < -0.4 is 14.2 Å². The molecule has 124 valence electrons. The number of carbonyl (C=O) groups is 1. The van der Waals surface area contributed by atoms with Crippen LogP contribution in [0.5, 0.6) is 17.2 Å². The van der Waals surface area contributed by atoms with E-state index in [9.17, 15) is 13.6 Å². The molecule has 1 amide bonds. The van der Waals surface area contributed by atoms with E-state index in [2.05, 4.69) is 0 Å². The predicted molar refractivity (Wildman–Crippen MR) is 77.9 cm³/mol. The highest BCUT2D eigenvalue weighted by atomic mass is 19.3. The minimum Gasteiger partial charge on any atom is -0.496 e. The lowest BCUT2D eigenvalue weighted by Gasteiger charge is -2.27. The van der Waals surface area contributed by atoms with E-state index in [1.165, 1.54) is 33.5 Å². The number of benzene rings is 1. The minimum atomic E-state index is -3.77. The molecule has 0 aliphatic heterocycles. The molecule has 1 aromatic carbocycles. The molecule has 1 aromatic rings. The van der Waals surface area contributed by atoms with E-state index in [1.54, 1.807) is 13.8 Å². The summed E-state index contributed by atoms with van der Waals surface area (Å²) < 4.78 is 44.4. The van der Waals surface area contributed by atoms with Gasteiger partial charge in [-0.1, -0.05) is 0 Å². The quantitative estimate of drug-likeness (QED) is 0.776. The monoisotopic (exact) mass is 317 g/mol. The number of amides is 1. The van der Waals surface area contributed by atoms with E-state index >= 15 is 0 Å². The Morgan fingerprint density at radius 1 is 1.05 bits per heavy atom. The molecule has 0 aliphatic rings. The number of methoxy groups -OCH3 is 3. The Labute approximate surface area is 128 Å². The molecule has 0 radical (unpaired) electrons. The molecule has 0 fully saturated rings. The fourth-order valence-corrected chi connectivity index (χ4v) is 2.13. The van der Waals surface area contributed by atoms with Gasteiger partial charge in [0.05, 0.1) is 21.3 Å². The zero-order valence-corrected chi connectivity index (χ0v) is 13.4. The Morgan fingerprint density at radius 2 is 1.50 bits per heavy atom. The molecule has 5 nitrogen and oxygen atoms in total. The van der Waals surface area contributed by atoms with Crippen molar-refractivity contribution >= 4 is 5.91 Å². The third kappa shape index (κ3) is 3.23. The van der Waals surface area contributed by atoms with Gasteiger partial charge in [0, 0.05) is 25.2 Å². The number of nitrogens with zero attached hydrogens (tertiary/aromatic N) is 1. The van der Waals surface area contributed by atoms with Crippen LogP contribution in [0, 0.1) is 0 Å². The lowest BCUT2D eigenvalue weighted by Crippen LogP contribution is -2.42. The van der Waals surface area contributed by atoms with Crippen LogP contribution in [-0.4, -0.2) is 45.2 Å². The smallest absolute Gasteiger partial charge is 0.357 e. The van der Waals surface area contributed by atoms with Crippen LogP contribution >= 0.6 is 0 Å². The molecule has 0 aromatic heterocycles. The maximum atomic E-state index is 14.7. The van der Waals surface area contributed by atoms with Gasteiger partial charge in [-0.3, -0.25) is 4.79 Å². The van der Waals surface area contributed by atoms with Gasteiger partial charge in [-0.2, -0.15) is 8.78 Å². The highest BCUT2D eigenvalue weighted by Gasteiger charge is 2.48. The standard InChI is InChI=1S/C15H21F2NO4/c1-6-18(7-2)14(19)15(16,17)13-11(21-4)8-10(20-3)9-12(13)22-5/h8-9H,6-7H2,1-5H3. The zero-order valence-electron chi connectivity index (χ0n) is 13.4. The van der Waals surface area contributed by atoms with E-state index in [4.69, 9.17) is 14.2 Å². The van der Waals surface area contributed by atoms with Crippen molar-refractivity contribution < 1.29 is 27.8 Å². The molecule has 0 N–H and O–H groups in total. The molecule has 7 heteroatoms. The molecule has 0 bridgehead atoms. The molecule has 0 atom stereocenters. The predicted octanol–water partition coefficient (Wildman–Crippen LogP) is 2.67. The average molecular weight is 317 g/mol. The Morgan fingerprint density at radius 3 is 1.82 bits per heavy atom. The summed E-state index contributed by atoms with van der Waals surface area (Å²) in [7, 11) is 3.89. The Bertz CT molecular complexity index is 505. The van der Waals surface area contributed by atoms with Crippen molar-refractivity contribution in [1.29, 1.82) is 0 Å². The largest absolute Gasteiger partial charge is 0.496 e. The fraction of sp³-hybridized carbons (Fsp3) is 0.533. The van der Waals surface area contributed by atoms with Crippen LogP contribution in [0.25, 0.3) is 0 Å². The summed E-state index contributed by atoms with van der Waals surface area (Å²) in [6.07, 6.45) is 0. The van der Waals surface area contributed by atoms with E-state index < -0.39 is 17.4 Å². The summed E-state index contributed by atoms with van der Waals surface area (Å²) in [4.78, 5) is 13.2. The average Bonchev–Trinajstić information content (AvgIpc) is 2.54. The first-order valence-electron chi connectivity index (χ1n) is 6.84. The molecule has 0 saturated heterocycles. The second-order valence-corrected chi connectivity index (χ2v) is 4.46. The molecule has 0 spiro atoms. The van der Waals surface area contributed by atoms with Gasteiger partial charge in [-0.05, 0) is 13.8 Å². The van der Waals surface area contributed by atoms with Gasteiger partial charge in [0.1, 0.15) is 22.8 Å². The van der Waals surface area contributed by atoms with Crippen LogP contribution in [0.4, 0.5) is 8.78 Å². The van der Waals surface area contributed by atoms with E-state index in [0.717, 1.165) is 4.90 Å². The van der Waals surface area contributed by atoms with Gasteiger partial charge in [-0.15, -0.1) is 0 Å². The fourth-order valence-electron chi connectivity index (χ4n) is 2.13. The van der Waals surface area contributed by atoms with Crippen LogP contribution in [0.2, 0.25) is 0 Å². The minimum absolute atomic E-state index is 0.165. The van der Waals surface area contributed by atoms with Crippen LogP contribution in [-0.2, 0) is 10.7 Å². The molecule has 0 aliphatic carbocycles. The summed E-state index contributed by atoms with van der Waals surface area (Å²) in [5.74, 6) is -5.10. The number of hydrogen-bond donors (Lipinski definition) is 0. The van der Waals surface area contributed by atoms with Crippen molar-refractivity contribution in [2.24, 2.45) is 0 Å². The first-order chi connectivity index (χ1) is 10.4. The molecule has 0 saturated carbocycles. The second-order valence-electron chi connectivity index (χ2n) is 4.46. The van der Waals surface area contributed by atoms with Gasteiger partial charge in [-0.25, -0.2) is 0 Å². The van der Waals surface area contributed by atoms with E-state index in [1.807, 2.05) is 0 Å². The molecular formula is C15H21F2NO4. The number of likely N-dealkylation sites (N-methyl/N-ethyl adjacent to an activating group) is 1. The third-order valence-electron chi connectivity index (χ3n) is 3.35. The Kier molecular flexibility index (Phi) is 5.96. The van der Waals surface area contributed by atoms with Gasteiger partial charge >= 0.3 is 5.92 Å². The molecule has 0 unspecified atom stereocenters. The Hall–Kier alpha value is -2.05. The van der Waals surface area contributed by atoms with E-state index in [-0.39, 0.29) is 24.6 Å². The topological polar surface area (TPSA) is 48.0 Å². The number of rotatable bonds is 7. The van der Waals surface area contributed by atoms with Gasteiger partial charge < -0.3 is 19.1 Å². The van der Waals surface area contributed by atoms with Crippen molar-refractivity contribution in [2.75, 3.05) is 34.4 Å². The van der Waals surface area contributed by atoms with Crippen molar-refractivity contribution in [1.82, 2.24) is 4.90 Å². The van der Waals surface area contributed by atoms with Gasteiger partial charge in [0.2, 0.25) is 0 Å². The summed E-state index contributed by atoms with van der Waals surface area (Å²) in [6.45, 7) is 3.65. The lowest BCUT2D eigenvalue weighted by molar-refractivity contribution is -0.159. The summed E-state index contributed by atoms with van der Waals surface area (Å²) >= 11 is 0. The SMILES string of the molecule is CCN(CC)C(=O)C(F)(F)c1c(OC)cc(OC)cc1OC. The Balaban J connectivity index is 3.48. The van der Waals surface area contributed by atoms with Crippen LogP contribution in [0.1, 0.15) is 19.4 Å². The number of alkyl halides is 2. The van der Waals surface area contributed by atoms with Crippen molar-refractivity contribution in [3.05, 3.63) is 17.7 Å². The zero-order chi connectivity index (χ0) is 16.9. The van der Waals surface area contributed by atoms with Crippen molar-refractivity contribution in [3.63, 3.8) is 0 Å².